The zero-order chi connectivity index (χ0) is 26.8. The van der Waals surface area contributed by atoms with Crippen LogP contribution in [0.4, 0.5) is 0 Å². The van der Waals surface area contributed by atoms with E-state index in [1.165, 1.54) is 87.6 Å². The second-order valence-electron chi connectivity index (χ2n) is 11.1. The van der Waals surface area contributed by atoms with Gasteiger partial charge in [0.05, 0.1) is 0 Å². The molecule has 0 aliphatic carbocycles. The third kappa shape index (κ3) is 3.46. The molecule has 8 aromatic rings. The molecule has 40 heavy (non-hydrogen) atoms. The van der Waals surface area contributed by atoms with Crippen molar-refractivity contribution in [3.63, 3.8) is 0 Å². The van der Waals surface area contributed by atoms with Gasteiger partial charge in [0, 0.05) is 0 Å². The van der Waals surface area contributed by atoms with Gasteiger partial charge in [-0.2, -0.15) is 0 Å². The maximum Gasteiger partial charge on any atom is -0.00203 e. The fraction of sp³-hybridized carbons (Fsp3) is 0.0500. The van der Waals surface area contributed by atoms with Crippen LogP contribution in [0.1, 0.15) is 11.1 Å². The van der Waals surface area contributed by atoms with Crippen molar-refractivity contribution in [3.8, 4) is 33.4 Å². The van der Waals surface area contributed by atoms with Crippen LogP contribution in [0.3, 0.4) is 0 Å². The van der Waals surface area contributed by atoms with Crippen LogP contribution in [0.15, 0.2) is 133 Å². The van der Waals surface area contributed by atoms with Crippen LogP contribution < -0.4 is 0 Å². The highest BCUT2D eigenvalue weighted by Gasteiger charge is 2.17. The van der Waals surface area contributed by atoms with Gasteiger partial charge in [-0.25, -0.2) is 0 Å². The van der Waals surface area contributed by atoms with E-state index in [1.807, 2.05) is 0 Å². The van der Waals surface area contributed by atoms with Gasteiger partial charge in [0.1, 0.15) is 0 Å². The van der Waals surface area contributed by atoms with Crippen molar-refractivity contribution in [3.05, 3.63) is 145 Å². The van der Waals surface area contributed by atoms with Crippen LogP contribution >= 0.6 is 0 Å². The van der Waals surface area contributed by atoms with Crippen LogP contribution in [0.25, 0.3) is 76.5 Å². The zero-order valence-electron chi connectivity index (χ0n) is 22.7. The molecule has 0 unspecified atom stereocenters. The smallest absolute Gasteiger partial charge is 0.00203 e. The van der Waals surface area contributed by atoms with Crippen molar-refractivity contribution in [1.29, 1.82) is 0 Å². The first-order chi connectivity index (χ1) is 19.7. The third-order valence-corrected chi connectivity index (χ3v) is 8.74. The maximum atomic E-state index is 2.38. The number of aryl methyl sites for hydroxylation is 2. The summed E-state index contributed by atoms with van der Waals surface area (Å²) in [5, 5.41) is 10.4. The van der Waals surface area contributed by atoms with Gasteiger partial charge in [-0.05, 0) is 114 Å². The monoisotopic (exact) mass is 508 g/mol. The van der Waals surface area contributed by atoms with E-state index in [0.717, 1.165) is 0 Å². The summed E-state index contributed by atoms with van der Waals surface area (Å²) in [5.74, 6) is 0. The van der Waals surface area contributed by atoms with E-state index < -0.39 is 0 Å². The number of hydrogen-bond acceptors (Lipinski definition) is 0. The molecular formula is C40H28. The minimum atomic E-state index is 1.24. The van der Waals surface area contributed by atoms with Gasteiger partial charge in [0.2, 0.25) is 0 Å². The minimum absolute atomic E-state index is 1.24. The lowest BCUT2D eigenvalue weighted by Crippen LogP contribution is -1.92. The highest BCUT2D eigenvalue weighted by Crippen LogP contribution is 2.45. The van der Waals surface area contributed by atoms with E-state index in [1.54, 1.807) is 0 Å². The quantitative estimate of drug-likeness (QED) is 0.208. The summed E-state index contributed by atoms with van der Waals surface area (Å²) in [6, 6.07) is 49.5. The SMILES string of the molecule is Cc1ccc(-c2ccc3ccc4c(-c5cc6ccccc6cc5-c5ccccc5)ccc5ccc2c3c54)cc1C. The summed E-state index contributed by atoms with van der Waals surface area (Å²) in [4.78, 5) is 0. The molecule has 0 N–H and O–H groups in total. The summed E-state index contributed by atoms with van der Waals surface area (Å²) < 4.78 is 0. The normalized spacial score (nSPS) is 11.8. The highest BCUT2D eigenvalue weighted by atomic mass is 14.2. The van der Waals surface area contributed by atoms with Crippen LogP contribution in [0, 0.1) is 13.8 Å². The minimum Gasteiger partial charge on any atom is -0.0622 e. The highest BCUT2D eigenvalue weighted by molar-refractivity contribution is 6.28. The van der Waals surface area contributed by atoms with Gasteiger partial charge >= 0.3 is 0 Å². The lowest BCUT2D eigenvalue weighted by Gasteiger charge is -2.19. The lowest BCUT2D eigenvalue weighted by atomic mass is 9.85. The number of fused-ring (bicyclic) bond motifs is 1. The van der Waals surface area contributed by atoms with Gasteiger partial charge in [-0.3, -0.25) is 0 Å². The predicted octanol–water partition coefficient (Wildman–Crippen LogP) is 11.4. The Hall–Kier alpha value is -4.94. The zero-order valence-corrected chi connectivity index (χ0v) is 22.7. The topological polar surface area (TPSA) is 0 Å². The summed E-state index contributed by atoms with van der Waals surface area (Å²) in [6.45, 7) is 4.39. The summed E-state index contributed by atoms with van der Waals surface area (Å²) in [5.41, 5.74) is 10.3. The molecule has 0 fully saturated rings. The van der Waals surface area contributed by atoms with Crippen molar-refractivity contribution >= 4 is 43.1 Å². The molecule has 0 nitrogen and oxygen atoms in total. The third-order valence-electron chi connectivity index (χ3n) is 8.74. The molecule has 0 heteroatoms. The molecule has 0 spiro atoms. The van der Waals surface area contributed by atoms with Crippen LogP contribution in [0.5, 0.6) is 0 Å². The Kier molecular flexibility index (Phi) is 5.06. The Morgan fingerprint density at radius 1 is 0.325 bits per heavy atom. The molecule has 0 amide bonds. The Bertz CT molecular complexity index is 2220. The molecule has 0 aromatic heterocycles. The molecule has 0 aliphatic rings. The van der Waals surface area contributed by atoms with Gasteiger partial charge in [-0.1, -0.05) is 121 Å². The van der Waals surface area contributed by atoms with Gasteiger partial charge in [0.15, 0.2) is 0 Å². The van der Waals surface area contributed by atoms with Crippen LogP contribution in [-0.4, -0.2) is 0 Å². The second-order valence-corrected chi connectivity index (χ2v) is 11.1. The average Bonchev–Trinajstić information content (AvgIpc) is 3.01. The molecule has 0 atom stereocenters. The summed E-state index contributed by atoms with van der Waals surface area (Å²) in [7, 11) is 0. The number of hydrogen-bond donors (Lipinski definition) is 0. The molecule has 0 bridgehead atoms. The average molecular weight is 509 g/mol. The van der Waals surface area contributed by atoms with Gasteiger partial charge < -0.3 is 0 Å². The molecule has 0 saturated heterocycles. The lowest BCUT2D eigenvalue weighted by molar-refractivity contribution is 1.34. The Morgan fingerprint density at radius 2 is 0.900 bits per heavy atom. The van der Waals surface area contributed by atoms with Gasteiger partial charge in [0.25, 0.3) is 0 Å². The standard InChI is InChI=1S/C40H28/c1-25-12-13-32(22-26(25)2)33-18-14-28-17-21-36-34(19-15-29-16-20-35(33)39(28)40(29)36)38-24-31-11-7-6-10-30(31)23-37(38)27-8-4-3-5-9-27/h3-24H,1-2H3. The van der Waals surface area contributed by atoms with Crippen molar-refractivity contribution in [1.82, 2.24) is 0 Å². The molecule has 188 valence electrons. The first-order valence-corrected chi connectivity index (χ1v) is 14.0. The fourth-order valence-corrected chi connectivity index (χ4v) is 6.52. The van der Waals surface area contributed by atoms with Crippen molar-refractivity contribution in [2.75, 3.05) is 0 Å². The Balaban J connectivity index is 1.46. The molecule has 0 heterocycles. The van der Waals surface area contributed by atoms with E-state index in [2.05, 4.69) is 147 Å². The summed E-state index contributed by atoms with van der Waals surface area (Å²) in [6.07, 6.45) is 0. The van der Waals surface area contributed by atoms with Crippen molar-refractivity contribution < 1.29 is 0 Å². The summed E-state index contributed by atoms with van der Waals surface area (Å²) >= 11 is 0. The predicted molar refractivity (Wildman–Crippen MR) is 173 cm³/mol. The Morgan fingerprint density at radius 3 is 1.57 bits per heavy atom. The van der Waals surface area contributed by atoms with Crippen molar-refractivity contribution in [2.24, 2.45) is 0 Å². The van der Waals surface area contributed by atoms with E-state index in [4.69, 9.17) is 0 Å². The van der Waals surface area contributed by atoms with Crippen LogP contribution in [-0.2, 0) is 0 Å². The van der Waals surface area contributed by atoms with Gasteiger partial charge in [-0.15, -0.1) is 0 Å². The van der Waals surface area contributed by atoms with E-state index in [9.17, 15) is 0 Å². The maximum absolute atomic E-state index is 2.38. The fourth-order valence-electron chi connectivity index (χ4n) is 6.52. The van der Waals surface area contributed by atoms with E-state index >= 15 is 0 Å². The molecule has 8 aromatic carbocycles. The largest absolute Gasteiger partial charge is 0.0622 e. The second kappa shape index (κ2) is 8.79. The van der Waals surface area contributed by atoms with E-state index in [0.29, 0.717) is 0 Å². The Labute approximate surface area is 234 Å². The van der Waals surface area contributed by atoms with Crippen molar-refractivity contribution in [2.45, 2.75) is 13.8 Å². The first kappa shape index (κ1) is 23.0. The van der Waals surface area contributed by atoms with E-state index in [-0.39, 0.29) is 0 Å². The number of rotatable bonds is 3. The molecule has 0 saturated carbocycles. The molecule has 0 aliphatic heterocycles. The molecular weight excluding hydrogens is 480 g/mol. The number of benzene rings is 8. The van der Waals surface area contributed by atoms with Crippen LogP contribution in [0.2, 0.25) is 0 Å². The molecule has 0 radical (unpaired) electrons. The first-order valence-electron chi connectivity index (χ1n) is 14.0. The molecule has 8 rings (SSSR count).